The molecule has 5 atom stereocenters. The Hall–Kier alpha value is -2.78. The van der Waals surface area contributed by atoms with Crippen LogP contribution in [0.4, 0.5) is 0 Å². The van der Waals surface area contributed by atoms with Crippen LogP contribution in [0.3, 0.4) is 0 Å². The third kappa shape index (κ3) is 9.10. The lowest BCUT2D eigenvalue weighted by Gasteiger charge is -2.39. The number of hydrogen-bond donors (Lipinski definition) is 8. The molecule has 8 N–H and O–H groups in total. The van der Waals surface area contributed by atoms with E-state index >= 15 is 0 Å². The van der Waals surface area contributed by atoms with Crippen molar-refractivity contribution in [1.29, 1.82) is 0 Å². The van der Waals surface area contributed by atoms with Crippen LogP contribution in [-0.4, -0.2) is 112 Å². The molecular formula is C28H44N4O9. The van der Waals surface area contributed by atoms with Gasteiger partial charge in [0, 0.05) is 37.2 Å². The number of ether oxygens (including phenoxy) is 3. The van der Waals surface area contributed by atoms with Crippen molar-refractivity contribution < 1.29 is 44.5 Å². The van der Waals surface area contributed by atoms with Crippen LogP contribution in [0.5, 0.6) is 11.6 Å². The molecule has 13 nitrogen and oxygen atoms in total. The summed E-state index contributed by atoms with van der Waals surface area (Å²) in [6, 6.07) is 5.83. The van der Waals surface area contributed by atoms with E-state index in [9.17, 15) is 25.2 Å². The molecule has 2 heterocycles. The zero-order chi connectivity index (χ0) is 29.9. The molecule has 1 saturated heterocycles. The number of amides is 1. The van der Waals surface area contributed by atoms with Gasteiger partial charge in [0.05, 0.1) is 19.8 Å². The van der Waals surface area contributed by atoms with Gasteiger partial charge in [-0.25, -0.2) is 0 Å². The van der Waals surface area contributed by atoms with E-state index in [1.807, 2.05) is 39.0 Å². The highest BCUT2D eigenvalue weighted by atomic mass is 16.7. The Morgan fingerprint density at radius 2 is 1.90 bits per heavy atom. The molecule has 1 aromatic carbocycles. The highest BCUT2D eigenvalue weighted by Gasteiger charge is 2.45. The maximum Gasteiger partial charge on any atom is 0.238 e. The topological polar surface area (TPSA) is 199 Å². The minimum absolute atomic E-state index is 0.0692. The number of aliphatic hydroxyl groups is 5. The van der Waals surface area contributed by atoms with Crippen molar-refractivity contribution in [2.45, 2.75) is 76.7 Å². The maximum atomic E-state index is 11.5. The van der Waals surface area contributed by atoms with Gasteiger partial charge in [0.25, 0.3) is 0 Å². The molecule has 0 bridgehead atoms. The lowest BCUT2D eigenvalue weighted by atomic mass is 9.96. The van der Waals surface area contributed by atoms with Crippen LogP contribution in [0.2, 0.25) is 0 Å². The Balaban J connectivity index is 1.57. The molecule has 13 heteroatoms. The standard InChI is InChI=1S/C28H44N4O9/c1-16(2)23-20(27(32-31-23)41-28-26(38)25(37)24(36)21(15-34)40-28)14-18-5-6-19(13-17(18)3)39-12-4-8-29-9-7-22(35)30-10-11-33/h5-6,13,16,21,24-26,28-29,33-34,36-38H,4,7-12,14-15H2,1-3H3,(H,30,35)(H,31,32)/t21?,24-,25?,26-,28?/m1/s1. The van der Waals surface area contributed by atoms with E-state index in [0.29, 0.717) is 32.5 Å². The van der Waals surface area contributed by atoms with Crippen LogP contribution in [0, 0.1) is 6.92 Å². The van der Waals surface area contributed by atoms with Gasteiger partial charge < -0.3 is 50.4 Å². The minimum Gasteiger partial charge on any atom is -0.494 e. The Bertz CT molecular complexity index is 1090. The highest BCUT2D eigenvalue weighted by Crippen LogP contribution is 2.32. The van der Waals surface area contributed by atoms with Crippen molar-refractivity contribution >= 4 is 5.91 Å². The summed E-state index contributed by atoms with van der Waals surface area (Å²) in [5.41, 5.74) is 3.64. The molecule has 1 aromatic heterocycles. The van der Waals surface area contributed by atoms with Crippen LogP contribution in [0.15, 0.2) is 18.2 Å². The molecule has 0 radical (unpaired) electrons. The molecule has 1 aliphatic heterocycles. The van der Waals surface area contributed by atoms with Crippen molar-refractivity contribution in [1.82, 2.24) is 20.8 Å². The van der Waals surface area contributed by atoms with Crippen LogP contribution in [-0.2, 0) is 16.0 Å². The summed E-state index contributed by atoms with van der Waals surface area (Å²) in [5.74, 6) is 0.942. The predicted octanol–water partition coefficient (Wildman–Crippen LogP) is -0.532. The van der Waals surface area contributed by atoms with E-state index in [1.165, 1.54) is 0 Å². The molecule has 2 aromatic rings. The van der Waals surface area contributed by atoms with Gasteiger partial charge in [-0.15, -0.1) is 5.10 Å². The van der Waals surface area contributed by atoms with Crippen LogP contribution >= 0.6 is 0 Å². The molecular weight excluding hydrogens is 536 g/mol. The first kappa shape index (κ1) is 32.7. The lowest BCUT2D eigenvalue weighted by Crippen LogP contribution is -2.60. The zero-order valence-electron chi connectivity index (χ0n) is 23.9. The number of aryl methyl sites for hydroxylation is 1. The van der Waals surface area contributed by atoms with Gasteiger partial charge in [-0.1, -0.05) is 19.9 Å². The normalized spacial score (nSPS) is 22.6. The molecule has 1 amide bonds. The molecule has 1 aliphatic rings. The first-order valence-corrected chi connectivity index (χ1v) is 14.0. The lowest BCUT2D eigenvalue weighted by molar-refractivity contribution is -0.278. The molecule has 0 aliphatic carbocycles. The average molecular weight is 581 g/mol. The van der Waals surface area contributed by atoms with Gasteiger partial charge in [-0.3, -0.25) is 9.89 Å². The number of carbonyl (C=O) groups is 1. The summed E-state index contributed by atoms with van der Waals surface area (Å²) in [7, 11) is 0. The van der Waals surface area contributed by atoms with Crippen molar-refractivity contribution in [2.24, 2.45) is 0 Å². The third-order valence-corrected chi connectivity index (χ3v) is 6.93. The molecule has 3 unspecified atom stereocenters. The second-order valence-corrected chi connectivity index (χ2v) is 10.4. The fourth-order valence-electron chi connectivity index (χ4n) is 4.53. The number of aromatic nitrogens is 2. The van der Waals surface area contributed by atoms with E-state index < -0.39 is 37.3 Å². The quantitative estimate of drug-likeness (QED) is 0.119. The number of hydrogen-bond acceptors (Lipinski definition) is 11. The third-order valence-electron chi connectivity index (χ3n) is 6.93. The number of carbonyl (C=O) groups excluding carboxylic acids is 1. The summed E-state index contributed by atoms with van der Waals surface area (Å²) in [6.45, 7) is 7.43. The minimum atomic E-state index is -1.55. The number of nitrogens with zero attached hydrogens (tertiary/aromatic N) is 1. The van der Waals surface area contributed by atoms with E-state index in [4.69, 9.17) is 19.3 Å². The molecule has 0 saturated carbocycles. The summed E-state index contributed by atoms with van der Waals surface area (Å²) in [6.07, 6.45) is -5.38. The van der Waals surface area contributed by atoms with Crippen molar-refractivity contribution in [3.8, 4) is 11.6 Å². The van der Waals surface area contributed by atoms with Gasteiger partial charge >= 0.3 is 0 Å². The summed E-state index contributed by atoms with van der Waals surface area (Å²) in [5, 5.41) is 61.9. The van der Waals surface area contributed by atoms with E-state index in [-0.39, 0.29) is 30.9 Å². The number of rotatable bonds is 16. The van der Waals surface area contributed by atoms with Crippen molar-refractivity contribution in [2.75, 3.05) is 39.5 Å². The van der Waals surface area contributed by atoms with E-state index in [0.717, 1.165) is 34.6 Å². The van der Waals surface area contributed by atoms with Crippen LogP contribution in [0.1, 0.15) is 55.0 Å². The predicted molar refractivity (Wildman–Crippen MR) is 149 cm³/mol. The van der Waals surface area contributed by atoms with Gasteiger partial charge in [0.15, 0.2) is 0 Å². The fraction of sp³-hybridized carbons (Fsp3) is 0.643. The van der Waals surface area contributed by atoms with Gasteiger partial charge in [-0.05, 0) is 49.1 Å². The molecule has 41 heavy (non-hydrogen) atoms. The summed E-state index contributed by atoms with van der Waals surface area (Å²) >= 11 is 0. The average Bonchev–Trinajstić information content (AvgIpc) is 3.35. The SMILES string of the molecule is Cc1cc(OCCCNCCC(=O)NCCO)ccc1Cc1c(OC2OC(CO)[C@@H](O)C(O)[C@H]2O)n[nH]c1C(C)C. The fourth-order valence-corrected chi connectivity index (χ4v) is 4.53. The van der Waals surface area contributed by atoms with E-state index in [2.05, 4.69) is 20.8 Å². The maximum absolute atomic E-state index is 11.5. The second-order valence-electron chi connectivity index (χ2n) is 10.4. The summed E-state index contributed by atoms with van der Waals surface area (Å²) < 4.78 is 17.3. The van der Waals surface area contributed by atoms with Crippen molar-refractivity contribution in [3.63, 3.8) is 0 Å². The number of aliphatic hydroxyl groups excluding tert-OH is 5. The smallest absolute Gasteiger partial charge is 0.238 e. The Labute approximate surface area is 239 Å². The highest BCUT2D eigenvalue weighted by molar-refractivity contribution is 5.76. The van der Waals surface area contributed by atoms with Crippen LogP contribution < -0.4 is 20.1 Å². The van der Waals surface area contributed by atoms with Gasteiger partial charge in [-0.2, -0.15) is 0 Å². The number of aromatic amines is 1. The molecule has 0 spiro atoms. The second kappa shape index (κ2) is 16.0. The monoisotopic (exact) mass is 580 g/mol. The first-order chi connectivity index (χ1) is 19.7. The summed E-state index contributed by atoms with van der Waals surface area (Å²) in [4.78, 5) is 11.5. The van der Waals surface area contributed by atoms with Crippen LogP contribution in [0.25, 0.3) is 0 Å². The number of benzene rings is 1. The largest absolute Gasteiger partial charge is 0.494 e. The molecule has 1 fully saturated rings. The van der Waals surface area contributed by atoms with E-state index in [1.54, 1.807) is 0 Å². The van der Waals surface area contributed by atoms with Gasteiger partial charge in [0.1, 0.15) is 30.2 Å². The first-order valence-electron chi connectivity index (χ1n) is 14.0. The molecule has 3 rings (SSSR count). The Morgan fingerprint density at radius 1 is 1.12 bits per heavy atom. The molecule has 230 valence electrons. The number of H-pyrrole nitrogens is 1. The Kier molecular flexibility index (Phi) is 12.8. The Morgan fingerprint density at radius 3 is 2.59 bits per heavy atom. The van der Waals surface area contributed by atoms with Crippen molar-refractivity contribution in [3.05, 3.63) is 40.6 Å². The zero-order valence-corrected chi connectivity index (χ0v) is 23.9. The van der Waals surface area contributed by atoms with Gasteiger partial charge in [0.2, 0.25) is 18.1 Å². The number of nitrogens with one attached hydrogen (secondary N) is 3.